The summed E-state index contributed by atoms with van der Waals surface area (Å²) in [5.74, 6) is 1.10. The van der Waals surface area contributed by atoms with E-state index in [0.717, 1.165) is 36.7 Å². The number of methoxy groups -OCH3 is 2. The molecule has 0 aliphatic carbocycles. The molecule has 0 aliphatic rings. The highest BCUT2D eigenvalue weighted by molar-refractivity contribution is 5.91. The minimum Gasteiger partial charge on any atom is -1.00 e. The van der Waals surface area contributed by atoms with Crippen molar-refractivity contribution in [1.29, 1.82) is 0 Å². The Morgan fingerprint density at radius 1 is 0.897 bits per heavy atom. The van der Waals surface area contributed by atoms with Crippen molar-refractivity contribution in [3.8, 4) is 17.2 Å². The van der Waals surface area contributed by atoms with E-state index in [9.17, 15) is 4.79 Å². The zero-order valence-electron chi connectivity index (χ0n) is 18.9. The topological polar surface area (TPSA) is 54.0 Å². The van der Waals surface area contributed by atoms with Gasteiger partial charge in [0.2, 0.25) is 5.75 Å². The Labute approximate surface area is 193 Å². The number of quaternary nitrogens is 1. The van der Waals surface area contributed by atoms with Gasteiger partial charge >= 0.3 is 5.97 Å². The molecule has 0 saturated carbocycles. The molecule has 0 atom stereocenters. The highest BCUT2D eigenvalue weighted by Crippen LogP contribution is 2.38. The maximum absolute atomic E-state index is 12.5. The van der Waals surface area contributed by atoms with Gasteiger partial charge in [0.15, 0.2) is 11.5 Å². The molecule has 0 fully saturated rings. The number of carbonyl (C=O) groups excluding carboxylic acids is 1. The van der Waals surface area contributed by atoms with Crippen molar-refractivity contribution in [2.24, 2.45) is 0 Å². The Bertz CT molecular complexity index is 602. The normalized spacial score (nSPS) is 10.8. The summed E-state index contributed by atoms with van der Waals surface area (Å²) in [7, 11) is 9.56. The average molecular weight is 523 g/mol. The van der Waals surface area contributed by atoms with Crippen LogP contribution in [0, 0.1) is 0 Å². The maximum atomic E-state index is 12.5. The van der Waals surface area contributed by atoms with Crippen LogP contribution in [0.4, 0.5) is 0 Å². The fraction of sp³-hybridized carbons (Fsp3) is 0.682. The van der Waals surface area contributed by atoms with Crippen LogP contribution in [-0.4, -0.2) is 65.6 Å². The molecule has 1 rings (SSSR count). The number of ether oxygens (including phenoxy) is 4. The van der Waals surface area contributed by atoms with Crippen LogP contribution in [0.15, 0.2) is 12.1 Å². The molecule has 0 saturated heterocycles. The first-order valence-electron chi connectivity index (χ1n) is 10.2. The number of benzene rings is 1. The second-order valence-corrected chi connectivity index (χ2v) is 7.98. The van der Waals surface area contributed by atoms with Gasteiger partial charge in [0.1, 0.15) is 0 Å². The predicted molar refractivity (Wildman–Crippen MR) is 112 cm³/mol. The molecule has 0 amide bonds. The third kappa shape index (κ3) is 10.9. The number of unbranched alkanes of at least 4 members (excludes halogenated alkanes) is 4. The van der Waals surface area contributed by atoms with E-state index in [1.807, 2.05) is 0 Å². The molecule has 6 nitrogen and oxygen atoms in total. The first-order chi connectivity index (χ1) is 13.3. The molecule has 1 aromatic rings. The first kappa shape index (κ1) is 27.8. The lowest BCUT2D eigenvalue weighted by molar-refractivity contribution is -0.870. The molecular formula is C22H38INO5. The molecule has 0 bridgehead atoms. The number of esters is 1. The van der Waals surface area contributed by atoms with Gasteiger partial charge in [-0.2, -0.15) is 0 Å². The lowest BCUT2D eigenvalue weighted by atomic mass is 10.1. The Kier molecular flexibility index (Phi) is 14.1. The average Bonchev–Trinajstić information content (AvgIpc) is 2.65. The van der Waals surface area contributed by atoms with Crippen LogP contribution in [0.3, 0.4) is 0 Å². The standard InChI is InChI=1S/C22H38NO5.HI/c1-7-8-9-11-14-27-20-17-18(16-19(25-5)21(20)26-6)22(24)28-15-12-10-13-23(2,3)4;/h16-17H,7-15H2,1-6H3;1H/q+1;/p-1. The molecule has 0 N–H and O–H groups in total. The van der Waals surface area contributed by atoms with E-state index >= 15 is 0 Å². The van der Waals surface area contributed by atoms with Crippen molar-refractivity contribution in [3.63, 3.8) is 0 Å². The third-order valence-corrected chi connectivity index (χ3v) is 4.39. The fourth-order valence-electron chi connectivity index (χ4n) is 2.80. The van der Waals surface area contributed by atoms with Gasteiger partial charge in [0.25, 0.3) is 0 Å². The van der Waals surface area contributed by atoms with Crippen LogP contribution in [0.25, 0.3) is 0 Å². The van der Waals surface area contributed by atoms with E-state index in [4.69, 9.17) is 18.9 Å². The number of hydrogen-bond acceptors (Lipinski definition) is 5. The van der Waals surface area contributed by atoms with Crippen LogP contribution in [0.5, 0.6) is 17.2 Å². The molecular weight excluding hydrogens is 485 g/mol. The highest BCUT2D eigenvalue weighted by Gasteiger charge is 2.18. The summed E-state index contributed by atoms with van der Waals surface area (Å²) < 4.78 is 23.0. The predicted octanol–water partition coefficient (Wildman–Crippen LogP) is 1.31. The van der Waals surface area contributed by atoms with Gasteiger partial charge in [-0.3, -0.25) is 0 Å². The van der Waals surface area contributed by atoms with E-state index in [-0.39, 0.29) is 29.9 Å². The van der Waals surface area contributed by atoms with Crippen molar-refractivity contribution in [2.45, 2.75) is 45.4 Å². The molecule has 1 aromatic carbocycles. The molecule has 29 heavy (non-hydrogen) atoms. The summed E-state index contributed by atoms with van der Waals surface area (Å²) in [5.41, 5.74) is 0.410. The summed E-state index contributed by atoms with van der Waals surface area (Å²) in [6.45, 7) is 4.19. The molecule has 168 valence electrons. The van der Waals surface area contributed by atoms with Crippen LogP contribution in [0.2, 0.25) is 0 Å². The number of hydrogen-bond donors (Lipinski definition) is 0. The van der Waals surface area contributed by atoms with Crippen molar-refractivity contribution >= 4 is 5.97 Å². The number of rotatable bonds is 14. The molecule has 0 aromatic heterocycles. The van der Waals surface area contributed by atoms with Crippen molar-refractivity contribution in [3.05, 3.63) is 17.7 Å². The number of halogens is 1. The smallest absolute Gasteiger partial charge is 0.338 e. The van der Waals surface area contributed by atoms with E-state index < -0.39 is 0 Å². The van der Waals surface area contributed by atoms with Gasteiger partial charge in [-0.25, -0.2) is 4.79 Å². The van der Waals surface area contributed by atoms with Crippen molar-refractivity contribution < 1.29 is 52.2 Å². The SMILES string of the molecule is CCCCCCOc1cc(C(=O)OCCCC[N+](C)(C)C)cc(OC)c1OC.[I-]. The molecule has 0 unspecified atom stereocenters. The Balaban J connectivity index is 0.00000784. The van der Waals surface area contributed by atoms with Crippen molar-refractivity contribution in [1.82, 2.24) is 0 Å². The Morgan fingerprint density at radius 2 is 1.55 bits per heavy atom. The summed E-state index contributed by atoms with van der Waals surface area (Å²) in [4.78, 5) is 12.5. The van der Waals surface area contributed by atoms with E-state index in [1.165, 1.54) is 12.8 Å². The summed E-state index contributed by atoms with van der Waals surface area (Å²) in [6.07, 6.45) is 6.28. The first-order valence-corrected chi connectivity index (χ1v) is 10.2. The van der Waals surface area contributed by atoms with Gasteiger partial charge in [-0.05, 0) is 31.4 Å². The Morgan fingerprint density at radius 3 is 2.14 bits per heavy atom. The number of nitrogens with zero attached hydrogens (tertiary/aromatic N) is 1. The van der Waals surface area contributed by atoms with E-state index in [1.54, 1.807) is 26.4 Å². The fourth-order valence-corrected chi connectivity index (χ4v) is 2.80. The van der Waals surface area contributed by atoms with Crippen molar-refractivity contribution in [2.75, 3.05) is 55.1 Å². The van der Waals surface area contributed by atoms with E-state index in [2.05, 4.69) is 28.1 Å². The summed E-state index contributed by atoms with van der Waals surface area (Å²) in [6, 6.07) is 3.31. The summed E-state index contributed by atoms with van der Waals surface area (Å²) >= 11 is 0. The minimum atomic E-state index is -0.373. The van der Waals surface area contributed by atoms with Gasteiger partial charge < -0.3 is 47.4 Å². The Hall–Kier alpha value is -1.22. The lowest BCUT2D eigenvalue weighted by Gasteiger charge is -2.23. The molecule has 0 aliphatic heterocycles. The van der Waals surface area contributed by atoms with Crippen LogP contribution >= 0.6 is 0 Å². The molecule has 0 heterocycles. The van der Waals surface area contributed by atoms with Crippen LogP contribution in [-0.2, 0) is 4.74 Å². The quantitative estimate of drug-likeness (QED) is 0.159. The maximum Gasteiger partial charge on any atom is 0.338 e. The summed E-state index contributed by atoms with van der Waals surface area (Å²) in [5, 5.41) is 0. The zero-order valence-corrected chi connectivity index (χ0v) is 21.0. The van der Waals surface area contributed by atoms with Gasteiger partial charge in [0.05, 0.1) is 60.7 Å². The van der Waals surface area contributed by atoms with Gasteiger partial charge in [-0.15, -0.1) is 0 Å². The molecule has 0 spiro atoms. The molecule has 0 radical (unpaired) electrons. The third-order valence-electron chi connectivity index (χ3n) is 4.39. The molecule has 7 heteroatoms. The highest BCUT2D eigenvalue weighted by atomic mass is 127. The monoisotopic (exact) mass is 523 g/mol. The second kappa shape index (κ2) is 14.7. The second-order valence-electron chi connectivity index (χ2n) is 7.98. The van der Waals surface area contributed by atoms with Crippen LogP contribution < -0.4 is 38.2 Å². The van der Waals surface area contributed by atoms with Gasteiger partial charge in [-0.1, -0.05) is 26.2 Å². The zero-order chi connectivity index (χ0) is 21.0. The number of carbonyl (C=O) groups is 1. The van der Waals surface area contributed by atoms with E-state index in [0.29, 0.717) is 36.0 Å². The largest absolute Gasteiger partial charge is 1.00 e. The van der Waals surface area contributed by atoms with Crippen LogP contribution in [0.1, 0.15) is 55.8 Å². The van der Waals surface area contributed by atoms with Gasteiger partial charge in [0, 0.05) is 0 Å². The minimum absolute atomic E-state index is 0. The lowest BCUT2D eigenvalue weighted by Crippen LogP contribution is -3.00.